The van der Waals surface area contributed by atoms with E-state index in [1.54, 1.807) is 0 Å². The fourth-order valence-corrected chi connectivity index (χ4v) is 2.25. The average Bonchev–Trinajstić information content (AvgIpc) is 2.52. The summed E-state index contributed by atoms with van der Waals surface area (Å²) in [4.78, 5) is 14.3. The Labute approximate surface area is 127 Å². The van der Waals surface area contributed by atoms with E-state index in [4.69, 9.17) is 0 Å². The summed E-state index contributed by atoms with van der Waals surface area (Å²) in [6.45, 7) is 7.71. The fraction of sp³-hybridized carbons (Fsp3) is 0.529. The third-order valence-corrected chi connectivity index (χ3v) is 3.47. The molecule has 0 saturated carbocycles. The molecule has 0 aliphatic rings. The first-order valence-corrected chi connectivity index (χ1v) is 7.64. The van der Waals surface area contributed by atoms with Gasteiger partial charge in [0.1, 0.15) is 5.92 Å². The molecule has 21 heavy (non-hydrogen) atoms. The molecule has 0 heterocycles. The van der Waals surface area contributed by atoms with Crippen molar-refractivity contribution >= 4 is 5.91 Å². The Morgan fingerprint density at radius 1 is 1.29 bits per heavy atom. The van der Waals surface area contributed by atoms with E-state index in [2.05, 4.69) is 30.1 Å². The monoisotopic (exact) mass is 287 g/mol. The number of hydrogen-bond acceptors (Lipinski definition) is 3. The van der Waals surface area contributed by atoms with Crippen LogP contribution in [0.4, 0.5) is 0 Å². The molecule has 0 saturated heterocycles. The lowest BCUT2D eigenvalue weighted by atomic mass is 10.00. The minimum absolute atomic E-state index is 0.172. The summed E-state index contributed by atoms with van der Waals surface area (Å²) in [6, 6.07) is 11.8. The maximum atomic E-state index is 12.1. The van der Waals surface area contributed by atoms with Gasteiger partial charge in [0.15, 0.2) is 0 Å². The van der Waals surface area contributed by atoms with Crippen molar-refractivity contribution in [1.29, 1.82) is 5.26 Å². The highest BCUT2D eigenvalue weighted by atomic mass is 16.1. The van der Waals surface area contributed by atoms with Crippen LogP contribution in [0, 0.1) is 17.2 Å². The number of benzene rings is 1. The van der Waals surface area contributed by atoms with E-state index in [9.17, 15) is 10.1 Å². The van der Waals surface area contributed by atoms with Crippen LogP contribution >= 0.6 is 0 Å². The number of nitriles is 1. The number of likely N-dealkylation sites (N-methyl/N-ethyl adjacent to an activating group) is 1. The Bertz CT molecular complexity index is 453. The number of nitrogens with one attached hydrogen (secondary N) is 1. The van der Waals surface area contributed by atoms with E-state index in [0.29, 0.717) is 13.0 Å². The third-order valence-electron chi connectivity index (χ3n) is 3.47. The van der Waals surface area contributed by atoms with Crippen LogP contribution in [0.2, 0.25) is 0 Å². The summed E-state index contributed by atoms with van der Waals surface area (Å²) >= 11 is 0. The molecule has 0 radical (unpaired) electrons. The van der Waals surface area contributed by atoms with Crippen molar-refractivity contribution in [2.45, 2.75) is 26.7 Å². The summed E-state index contributed by atoms with van der Waals surface area (Å²) < 4.78 is 0. The molecule has 0 spiro atoms. The van der Waals surface area contributed by atoms with Crippen molar-refractivity contribution in [2.24, 2.45) is 5.92 Å². The van der Waals surface area contributed by atoms with E-state index >= 15 is 0 Å². The van der Waals surface area contributed by atoms with Crippen molar-refractivity contribution in [3.05, 3.63) is 35.9 Å². The molecule has 114 valence electrons. The number of nitrogens with zero attached hydrogens (tertiary/aromatic N) is 2. The van der Waals surface area contributed by atoms with E-state index in [1.165, 1.54) is 0 Å². The smallest absolute Gasteiger partial charge is 0.237 e. The fourth-order valence-electron chi connectivity index (χ4n) is 2.25. The number of rotatable bonds is 9. The van der Waals surface area contributed by atoms with Gasteiger partial charge >= 0.3 is 0 Å². The first kappa shape index (κ1) is 17.2. The number of carbonyl (C=O) groups excluding carboxylic acids is 1. The Hall–Kier alpha value is -1.86. The number of amides is 1. The topological polar surface area (TPSA) is 56.1 Å². The van der Waals surface area contributed by atoms with E-state index in [-0.39, 0.29) is 5.91 Å². The molecule has 1 N–H and O–H groups in total. The summed E-state index contributed by atoms with van der Waals surface area (Å²) in [5, 5.41) is 12.0. The summed E-state index contributed by atoms with van der Waals surface area (Å²) in [5.41, 5.74) is 1.01. The zero-order valence-corrected chi connectivity index (χ0v) is 13.0. The molecule has 0 aromatic heterocycles. The Morgan fingerprint density at radius 2 is 2.00 bits per heavy atom. The lowest BCUT2D eigenvalue weighted by molar-refractivity contribution is -0.123. The highest BCUT2D eigenvalue weighted by molar-refractivity contribution is 5.81. The second kappa shape index (κ2) is 9.95. The highest BCUT2D eigenvalue weighted by Gasteiger charge is 2.17. The lowest BCUT2D eigenvalue weighted by Crippen LogP contribution is -2.38. The Balaban J connectivity index is 2.40. The second-order valence-corrected chi connectivity index (χ2v) is 5.10. The first-order chi connectivity index (χ1) is 10.2. The average molecular weight is 287 g/mol. The maximum Gasteiger partial charge on any atom is 0.237 e. The number of hydrogen-bond donors (Lipinski definition) is 1. The second-order valence-electron chi connectivity index (χ2n) is 5.10. The minimum Gasteiger partial charge on any atom is -0.354 e. The summed E-state index contributed by atoms with van der Waals surface area (Å²) in [6.07, 6.45) is 1.58. The van der Waals surface area contributed by atoms with Gasteiger partial charge in [-0.25, -0.2) is 0 Å². The predicted molar refractivity (Wildman–Crippen MR) is 84.7 cm³/mol. The molecule has 1 atom stereocenters. The quantitative estimate of drug-likeness (QED) is 0.757. The van der Waals surface area contributed by atoms with Gasteiger partial charge in [-0.15, -0.1) is 0 Å². The van der Waals surface area contributed by atoms with Crippen LogP contribution in [0.5, 0.6) is 0 Å². The van der Waals surface area contributed by atoms with Crippen molar-refractivity contribution in [3.8, 4) is 6.07 Å². The molecule has 0 bridgehead atoms. The molecule has 1 unspecified atom stereocenters. The normalized spacial score (nSPS) is 11.9. The van der Waals surface area contributed by atoms with Gasteiger partial charge in [0.2, 0.25) is 5.91 Å². The molecule has 4 nitrogen and oxygen atoms in total. The van der Waals surface area contributed by atoms with Crippen molar-refractivity contribution in [3.63, 3.8) is 0 Å². The van der Waals surface area contributed by atoms with Crippen LogP contribution in [0.15, 0.2) is 30.3 Å². The van der Waals surface area contributed by atoms with Crippen LogP contribution in [0.25, 0.3) is 0 Å². The van der Waals surface area contributed by atoms with E-state index in [0.717, 1.165) is 31.6 Å². The van der Waals surface area contributed by atoms with Crippen LogP contribution in [-0.4, -0.2) is 37.0 Å². The molecule has 4 heteroatoms. The van der Waals surface area contributed by atoms with Crippen LogP contribution < -0.4 is 5.32 Å². The van der Waals surface area contributed by atoms with Gasteiger partial charge in [-0.1, -0.05) is 44.2 Å². The standard InChI is InChI=1S/C17H25N3O/c1-3-11-20(4-2)12-10-19-17(21)16(14-18)13-15-8-6-5-7-9-15/h5-9,16H,3-4,10-13H2,1-2H3,(H,19,21). The van der Waals surface area contributed by atoms with Crippen LogP contribution in [0.3, 0.4) is 0 Å². The van der Waals surface area contributed by atoms with E-state index < -0.39 is 5.92 Å². The van der Waals surface area contributed by atoms with Gasteiger partial charge in [-0.2, -0.15) is 5.26 Å². The predicted octanol–water partition coefficient (Wildman–Crippen LogP) is 2.22. The summed E-state index contributed by atoms with van der Waals surface area (Å²) in [5.74, 6) is -0.789. The highest BCUT2D eigenvalue weighted by Crippen LogP contribution is 2.08. The zero-order valence-electron chi connectivity index (χ0n) is 13.0. The molecule has 0 fully saturated rings. The van der Waals surface area contributed by atoms with Crippen LogP contribution in [0.1, 0.15) is 25.8 Å². The molecule has 1 amide bonds. The largest absolute Gasteiger partial charge is 0.354 e. The molecule has 1 aromatic carbocycles. The Morgan fingerprint density at radius 3 is 2.57 bits per heavy atom. The maximum absolute atomic E-state index is 12.1. The number of carbonyl (C=O) groups is 1. The van der Waals surface area contributed by atoms with Gasteiger partial charge < -0.3 is 10.2 Å². The van der Waals surface area contributed by atoms with Gasteiger partial charge in [0, 0.05) is 13.1 Å². The molecule has 0 aliphatic carbocycles. The lowest BCUT2D eigenvalue weighted by Gasteiger charge is -2.20. The molecular formula is C17H25N3O. The molecular weight excluding hydrogens is 262 g/mol. The van der Waals surface area contributed by atoms with Gasteiger partial charge in [0.25, 0.3) is 0 Å². The minimum atomic E-state index is -0.617. The Kier molecular flexibility index (Phi) is 8.15. The first-order valence-electron chi connectivity index (χ1n) is 7.64. The molecule has 1 aromatic rings. The zero-order chi connectivity index (χ0) is 15.5. The summed E-state index contributed by atoms with van der Waals surface area (Å²) in [7, 11) is 0. The molecule has 1 rings (SSSR count). The van der Waals surface area contributed by atoms with Gasteiger partial charge in [-0.05, 0) is 31.5 Å². The SMILES string of the molecule is CCCN(CC)CCNC(=O)C(C#N)Cc1ccccc1. The van der Waals surface area contributed by atoms with Gasteiger partial charge in [0.05, 0.1) is 6.07 Å². The van der Waals surface area contributed by atoms with E-state index in [1.807, 2.05) is 30.3 Å². The van der Waals surface area contributed by atoms with Crippen LogP contribution in [-0.2, 0) is 11.2 Å². The van der Waals surface area contributed by atoms with Gasteiger partial charge in [-0.3, -0.25) is 4.79 Å². The van der Waals surface area contributed by atoms with Crippen molar-refractivity contribution in [1.82, 2.24) is 10.2 Å². The van der Waals surface area contributed by atoms with Crippen molar-refractivity contribution < 1.29 is 4.79 Å². The molecule has 0 aliphatic heterocycles. The van der Waals surface area contributed by atoms with Crippen molar-refractivity contribution in [2.75, 3.05) is 26.2 Å². The third kappa shape index (κ3) is 6.42.